The average Bonchev–Trinajstić information content (AvgIpc) is 2.52. The van der Waals surface area contributed by atoms with Crippen molar-refractivity contribution in [2.24, 2.45) is 0 Å². The molecule has 0 spiro atoms. The second-order valence-electron chi connectivity index (χ2n) is 4.91. The zero-order valence-electron chi connectivity index (χ0n) is 13.9. The van der Waals surface area contributed by atoms with Gasteiger partial charge in [0.15, 0.2) is 0 Å². The Kier molecular flexibility index (Phi) is 12.9. The molecule has 0 bridgehead atoms. The largest absolute Gasteiger partial charge is 0.480 e. The number of rotatable bonds is 14. The Bertz CT molecular complexity index is 362. The first kappa shape index (κ1) is 21.3. The van der Waals surface area contributed by atoms with Crippen LogP contribution in [0.2, 0.25) is 0 Å². The molecule has 0 aromatic rings. The van der Waals surface area contributed by atoms with Gasteiger partial charge in [0.05, 0.1) is 13.2 Å². The van der Waals surface area contributed by atoms with Crippen molar-refractivity contribution in [2.45, 2.75) is 45.6 Å². The van der Waals surface area contributed by atoms with Crippen LogP contribution in [0.25, 0.3) is 0 Å². The highest BCUT2D eigenvalue weighted by molar-refractivity contribution is 5.84. The molecular weight excluding hydrogens is 304 g/mol. The highest BCUT2D eigenvalue weighted by Crippen LogP contribution is 2.01. The number of hydrogen-bond donors (Lipinski definition) is 3. The van der Waals surface area contributed by atoms with Crippen LogP contribution >= 0.6 is 0 Å². The van der Waals surface area contributed by atoms with Gasteiger partial charge in [-0.25, -0.2) is 4.79 Å². The number of carbonyl (C=O) groups is 3. The Balaban J connectivity index is 3.86. The molecule has 0 aromatic heterocycles. The minimum Gasteiger partial charge on any atom is -0.480 e. The van der Waals surface area contributed by atoms with Crippen molar-refractivity contribution in [2.75, 3.05) is 33.0 Å². The number of amides is 2. The third-order valence-corrected chi connectivity index (χ3v) is 3.01. The highest BCUT2D eigenvalue weighted by atomic mass is 16.5. The maximum absolute atomic E-state index is 11.6. The van der Waals surface area contributed by atoms with Crippen LogP contribution in [-0.4, -0.2) is 61.9 Å². The SMILES string of the molecule is CCOCCOCC(=O)NC(CCCCNC(=O)CC)C(=O)O. The summed E-state index contributed by atoms with van der Waals surface area (Å²) >= 11 is 0. The molecule has 0 aromatic carbocycles. The number of hydrogen-bond acceptors (Lipinski definition) is 5. The zero-order valence-corrected chi connectivity index (χ0v) is 13.9. The van der Waals surface area contributed by atoms with E-state index >= 15 is 0 Å². The lowest BCUT2D eigenvalue weighted by molar-refractivity contribution is -0.142. The summed E-state index contributed by atoms with van der Waals surface area (Å²) in [4.78, 5) is 33.8. The van der Waals surface area contributed by atoms with E-state index in [4.69, 9.17) is 14.6 Å². The van der Waals surface area contributed by atoms with E-state index in [9.17, 15) is 14.4 Å². The molecule has 8 heteroatoms. The molecule has 3 N–H and O–H groups in total. The molecule has 0 heterocycles. The van der Waals surface area contributed by atoms with Gasteiger partial charge < -0.3 is 25.2 Å². The van der Waals surface area contributed by atoms with E-state index in [0.717, 1.165) is 0 Å². The summed E-state index contributed by atoms with van der Waals surface area (Å²) in [6.07, 6.45) is 1.99. The van der Waals surface area contributed by atoms with E-state index in [1.54, 1.807) is 6.92 Å². The monoisotopic (exact) mass is 332 g/mol. The molecule has 1 unspecified atom stereocenters. The van der Waals surface area contributed by atoms with Crippen LogP contribution in [0.1, 0.15) is 39.5 Å². The normalized spacial score (nSPS) is 11.7. The van der Waals surface area contributed by atoms with Crippen LogP contribution in [0.3, 0.4) is 0 Å². The van der Waals surface area contributed by atoms with Crippen LogP contribution in [0, 0.1) is 0 Å². The highest BCUT2D eigenvalue weighted by Gasteiger charge is 2.19. The maximum Gasteiger partial charge on any atom is 0.326 e. The predicted molar refractivity (Wildman–Crippen MR) is 84.0 cm³/mol. The molecule has 8 nitrogen and oxygen atoms in total. The average molecular weight is 332 g/mol. The Morgan fingerprint density at radius 3 is 2.35 bits per heavy atom. The molecule has 1 atom stereocenters. The Hall–Kier alpha value is -1.67. The summed E-state index contributed by atoms with van der Waals surface area (Å²) in [6, 6.07) is -0.945. The van der Waals surface area contributed by atoms with Crippen molar-refractivity contribution in [3.63, 3.8) is 0 Å². The fourth-order valence-corrected chi connectivity index (χ4v) is 1.75. The van der Waals surface area contributed by atoms with Gasteiger partial charge in [0, 0.05) is 19.6 Å². The van der Waals surface area contributed by atoms with E-state index < -0.39 is 17.9 Å². The Morgan fingerprint density at radius 2 is 1.74 bits per heavy atom. The smallest absolute Gasteiger partial charge is 0.326 e. The summed E-state index contributed by atoms with van der Waals surface area (Å²) < 4.78 is 10.1. The third kappa shape index (κ3) is 12.5. The predicted octanol–water partition coefficient (Wildman–Crippen LogP) is 0.305. The molecule has 2 amide bonds. The van der Waals surface area contributed by atoms with Crippen molar-refractivity contribution < 1.29 is 29.0 Å². The van der Waals surface area contributed by atoms with Gasteiger partial charge in [-0.1, -0.05) is 6.92 Å². The second-order valence-corrected chi connectivity index (χ2v) is 4.91. The lowest BCUT2D eigenvalue weighted by Crippen LogP contribution is -2.42. The molecule has 0 saturated heterocycles. The van der Waals surface area contributed by atoms with Crippen molar-refractivity contribution in [1.82, 2.24) is 10.6 Å². The number of aliphatic carboxylic acids is 1. The van der Waals surface area contributed by atoms with Crippen LogP contribution in [-0.2, 0) is 23.9 Å². The molecule has 0 aliphatic carbocycles. The molecule has 0 fully saturated rings. The minimum absolute atomic E-state index is 0.0303. The fourth-order valence-electron chi connectivity index (χ4n) is 1.75. The van der Waals surface area contributed by atoms with E-state index in [2.05, 4.69) is 10.6 Å². The quantitative estimate of drug-likeness (QED) is 0.394. The van der Waals surface area contributed by atoms with Gasteiger partial charge in [0.2, 0.25) is 11.8 Å². The second kappa shape index (κ2) is 14.0. The van der Waals surface area contributed by atoms with Crippen molar-refractivity contribution in [3.05, 3.63) is 0 Å². The van der Waals surface area contributed by atoms with E-state index in [0.29, 0.717) is 45.4 Å². The number of carboxylic acid groups (broad SMARTS) is 1. The van der Waals surface area contributed by atoms with Gasteiger partial charge in [-0.15, -0.1) is 0 Å². The van der Waals surface area contributed by atoms with Gasteiger partial charge in [0.1, 0.15) is 12.6 Å². The van der Waals surface area contributed by atoms with E-state index in [1.807, 2.05) is 6.92 Å². The molecule has 0 aliphatic heterocycles. The first-order chi connectivity index (χ1) is 11.0. The fraction of sp³-hybridized carbons (Fsp3) is 0.800. The molecule has 0 radical (unpaired) electrons. The number of ether oxygens (including phenoxy) is 2. The standard InChI is InChI=1S/C15H28N2O6/c1-3-13(18)16-8-6-5-7-12(15(20)21)17-14(19)11-23-10-9-22-4-2/h12H,3-11H2,1-2H3,(H,16,18)(H,17,19)(H,20,21). The van der Waals surface area contributed by atoms with E-state index in [1.165, 1.54) is 0 Å². The molecule has 0 saturated carbocycles. The molecule has 0 aliphatic rings. The number of nitrogens with one attached hydrogen (secondary N) is 2. The van der Waals surface area contributed by atoms with Gasteiger partial charge in [0.25, 0.3) is 0 Å². The summed E-state index contributed by atoms with van der Waals surface area (Å²) in [5.74, 6) is -1.57. The minimum atomic E-state index is -1.08. The summed E-state index contributed by atoms with van der Waals surface area (Å²) in [6.45, 7) is 5.21. The van der Waals surface area contributed by atoms with Gasteiger partial charge in [-0.3, -0.25) is 9.59 Å². The Labute approximate surface area is 136 Å². The summed E-state index contributed by atoms with van der Waals surface area (Å²) in [7, 11) is 0. The van der Waals surface area contributed by atoms with Gasteiger partial charge in [-0.05, 0) is 26.2 Å². The van der Waals surface area contributed by atoms with Crippen LogP contribution < -0.4 is 10.6 Å². The van der Waals surface area contributed by atoms with Crippen LogP contribution in [0.15, 0.2) is 0 Å². The number of carbonyl (C=O) groups excluding carboxylic acids is 2. The lowest BCUT2D eigenvalue weighted by Gasteiger charge is -2.14. The number of carboxylic acids is 1. The first-order valence-corrected chi connectivity index (χ1v) is 7.95. The lowest BCUT2D eigenvalue weighted by atomic mass is 10.1. The third-order valence-electron chi connectivity index (χ3n) is 3.01. The van der Waals surface area contributed by atoms with E-state index in [-0.39, 0.29) is 19.1 Å². The number of unbranched alkanes of at least 4 members (excludes halogenated alkanes) is 1. The summed E-state index contributed by atoms with van der Waals surface area (Å²) in [5, 5.41) is 14.2. The zero-order chi connectivity index (χ0) is 17.5. The van der Waals surface area contributed by atoms with Crippen molar-refractivity contribution >= 4 is 17.8 Å². The molecule has 134 valence electrons. The van der Waals surface area contributed by atoms with Gasteiger partial charge >= 0.3 is 5.97 Å². The Morgan fingerprint density at radius 1 is 1.04 bits per heavy atom. The van der Waals surface area contributed by atoms with Crippen LogP contribution in [0.4, 0.5) is 0 Å². The molecule has 0 rings (SSSR count). The topological polar surface area (TPSA) is 114 Å². The molecule has 23 heavy (non-hydrogen) atoms. The molecular formula is C15H28N2O6. The van der Waals surface area contributed by atoms with Gasteiger partial charge in [-0.2, -0.15) is 0 Å². The first-order valence-electron chi connectivity index (χ1n) is 7.95. The van der Waals surface area contributed by atoms with Crippen molar-refractivity contribution in [3.8, 4) is 0 Å². The van der Waals surface area contributed by atoms with Crippen molar-refractivity contribution in [1.29, 1.82) is 0 Å². The maximum atomic E-state index is 11.6. The van der Waals surface area contributed by atoms with Crippen LogP contribution in [0.5, 0.6) is 0 Å². The summed E-state index contributed by atoms with van der Waals surface area (Å²) in [5.41, 5.74) is 0.